The molecule has 0 radical (unpaired) electrons. The SMILES string of the molecule is NCC(Cc1cccc(F)c1)C(=O)N1CCOCC1. The van der Waals surface area contributed by atoms with Gasteiger partial charge in [0.15, 0.2) is 0 Å². The fraction of sp³-hybridized carbons (Fsp3) is 0.500. The number of carbonyl (C=O) groups is 1. The molecule has 2 N–H and O–H groups in total. The van der Waals surface area contributed by atoms with Gasteiger partial charge in [0.25, 0.3) is 0 Å². The van der Waals surface area contributed by atoms with Gasteiger partial charge in [0.05, 0.1) is 19.1 Å². The van der Waals surface area contributed by atoms with Crippen LogP contribution in [0.4, 0.5) is 4.39 Å². The van der Waals surface area contributed by atoms with Crippen LogP contribution < -0.4 is 5.73 Å². The first-order valence-corrected chi connectivity index (χ1v) is 6.51. The van der Waals surface area contributed by atoms with Gasteiger partial charge in [0.2, 0.25) is 5.91 Å². The molecule has 0 aromatic heterocycles. The first-order chi connectivity index (χ1) is 9.20. The molecule has 0 aliphatic carbocycles. The minimum Gasteiger partial charge on any atom is -0.378 e. The summed E-state index contributed by atoms with van der Waals surface area (Å²) in [5.74, 6) is -0.540. The van der Waals surface area contributed by atoms with Crippen molar-refractivity contribution in [3.05, 3.63) is 35.6 Å². The van der Waals surface area contributed by atoms with E-state index in [-0.39, 0.29) is 24.2 Å². The highest BCUT2D eigenvalue weighted by Gasteiger charge is 2.24. The maximum absolute atomic E-state index is 13.1. The summed E-state index contributed by atoms with van der Waals surface area (Å²) >= 11 is 0. The van der Waals surface area contributed by atoms with Gasteiger partial charge in [-0.25, -0.2) is 4.39 Å². The Bertz CT molecular complexity index is 433. The van der Waals surface area contributed by atoms with E-state index in [0.717, 1.165) is 5.56 Å². The molecular weight excluding hydrogens is 247 g/mol. The van der Waals surface area contributed by atoms with Crippen molar-refractivity contribution < 1.29 is 13.9 Å². The molecular formula is C14H19FN2O2. The van der Waals surface area contributed by atoms with Crippen molar-refractivity contribution in [2.45, 2.75) is 6.42 Å². The summed E-state index contributed by atoms with van der Waals surface area (Å²) in [5, 5.41) is 0. The number of morpholine rings is 1. The average molecular weight is 266 g/mol. The van der Waals surface area contributed by atoms with Crippen molar-refractivity contribution in [1.29, 1.82) is 0 Å². The molecule has 1 atom stereocenters. The van der Waals surface area contributed by atoms with Crippen LogP contribution in [0.15, 0.2) is 24.3 Å². The van der Waals surface area contributed by atoms with E-state index in [4.69, 9.17) is 10.5 Å². The van der Waals surface area contributed by atoms with E-state index in [1.807, 2.05) is 6.07 Å². The molecule has 19 heavy (non-hydrogen) atoms. The van der Waals surface area contributed by atoms with E-state index in [0.29, 0.717) is 32.7 Å². The minimum atomic E-state index is -0.292. The maximum Gasteiger partial charge on any atom is 0.227 e. The Kier molecular flexibility index (Phi) is 4.87. The number of benzene rings is 1. The van der Waals surface area contributed by atoms with Gasteiger partial charge in [-0.1, -0.05) is 12.1 Å². The predicted molar refractivity (Wildman–Crippen MR) is 70.0 cm³/mol. The Balaban J connectivity index is 2.00. The van der Waals surface area contributed by atoms with Crippen molar-refractivity contribution in [2.24, 2.45) is 11.7 Å². The molecule has 1 saturated heterocycles. The minimum absolute atomic E-state index is 0.0371. The molecule has 1 amide bonds. The monoisotopic (exact) mass is 266 g/mol. The summed E-state index contributed by atoms with van der Waals surface area (Å²) in [6.07, 6.45) is 0.477. The number of rotatable bonds is 4. The van der Waals surface area contributed by atoms with Crippen molar-refractivity contribution >= 4 is 5.91 Å². The van der Waals surface area contributed by atoms with Crippen molar-refractivity contribution in [3.8, 4) is 0 Å². The molecule has 104 valence electrons. The van der Waals surface area contributed by atoms with Crippen LogP contribution in [-0.2, 0) is 16.0 Å². The normalized spacial score (nSPS) is 17.3. The molecule has 1 aromatic carbocycles. The smallest absolute Gasteiger partial charge is 0.227 e. The maximum atomic E-state index is 13.1. The summed E-state index contributed by atoms with van der Waals surface area (Å²) in [6.45, 7) is 2.63. The van der Waals surface area contributed by atoms with E-state index >= 15 is 0 Å². The summed E-state index contributed by atoms with van der Waals surface area (Å²) in [7, 11) is 0. The molecule has 0 saturated carbocycles. The second-order valence-electron chi connectivity index (χ2n) is 4.70. The number of amides is 1. The van der Waals surface area contributed by atoms with E-state index in [2.05, 4.69) is 0 Å². The Morgan fingerprint density at radius 3 is 2.79 bits per heavy atom. The van der Waals surface area contributed by atoms with Crippen LogP contribution in [0.2, 0.25) is 0 Å². The molecule has 0 bridgehead atoms. The zero-order valence-electron chi connectivity index (χ0n) is 10.8. The van der Waals surface area contributed by atoms with Crippen LogP contribution in [0.1, 0.15) is 5.56 Å². The Labute approximate surface area is 112 Å². The molecule has 1 aliphatic rings. The molecule has 5 heteroatoms. The zero-order chi connectivity index (χ0) is 13.7. The summed E-state index contributed by atoms with van der Waals surface area (Å²) in [6, 6.07) is 6.32. The van der Waals surface area contributed by atoms with Crippen molar-refractivity contribution in [3.63, 3.8) is 0 Å². The zero-order valence-corrected chi connectivity index (χ0v) is 10.8. The highest BCUT2D eigenvalue weighted by atomic mass is 19.1. The number of nitrogens with two attached hydrogens (primary N) is 1. The largest absolute Gasteiger partial charge is 0.378 e. The number of hydrogen-bond donors (Lipinski definition) is 1. The Hall–Kier alpha value is -1.46. The Morgan fingerprint density at radius 2 is 2.16 bits per heavy atom. The highest BCUT2D eigenvalue weighted by Crippen LogP contribution is 2.13. The topological polar surface area (TPSA) is 55.6 Å². The van der Waals surface area contributed by atoms with E-state index in [1.165, 1.54) is 12.1 Å². The van der Waals surface area contributed by atoms with Gasteiger partial charge in [-0.3, -0.25) is 4.79 Å². The lowest BCUT2D eigenvalue weighted by atomic mass is 9.97. The summed E-state index contributed by atoms with van der Waals surface area (Å²) < 4.78 is 18.4. The number of carbonyl (C=O) groups excluding carboxylic acids is 1. The van der Waals surface area contributed by atoms with Crippen LogP contribution in [-0.4, -0.2) is 43.7 Å². The second kappa shape index (κ2) is 6.63. The lowest BCUT2D eigenvalue weighted by Crippen LogP contribution is -2.45. The first kappa shape index (κ1) is 14.0. The van der Waals surface area contributed by atoms with Gasteiger partial charge in [0, 0.05) is 19.6 Å². The molecule has 1 fully saturated rings. The molecule has 1 aromatic rings. The number of ether oxygens (including phenoxy) is 1. The van der Waals surface area contributed by atoms with Gasteiger partial charge < -0.3 is 15.4 Å². The first-order valence-electron chi connectivity index (χ1n) is 6.51. The van der Waals surface area contributed by atoms with Crippen molar-refractivity contribution in [2.75, 3.05) is 32.8 Å². The van der Waals surface area contributed by atoms with Gasteiger partial charge >= 0.3 is 0 Å². The predicted octanol–water partition coefficient (Wildman–Crippen LogP) is 0.802. The standard InChI is InChI=1S/C14H19FN2O2/c15-13-3-1-2-11(9-13)8-12(10-16)14(18)17-4-6-19-7-5-17/h1-3,9,12H,4-8,10,16H2. The summed E-state index contributed by atoms with van der Waals surface area (Å²) in [4.78, 5) is 14.1. The average Bonchev–Trinajstić information content (AvgIpc) is 2.45. The van der Waals surface area contributed by atoms with Crippen LogP contribution in [0.25, 0.3) is 0 Å². The molecule has 2 rings (SSSR count). The number of nitrogens with zero attached hydrogens (tertiary/aromatic N) is 1. The highest BCUT2D eigenvalue weighted by molar-refractivity contribution is 5.79. The Morgan fingerprint density at radius 1 is 1.42 bits per heavy atom. The molecule has 0 spiro atoms. The molecule has 4 nitrogen and oxygen atoms in total. The lowest BCUT2D eigenvalue weighted by molar-refractivity contribution is -0.139. The molecule has 1 unspecified atom stereocenters. The van der Waals surface area contributed by atoms with Gasteiger partial charge in [0.1, 0.15) is 5.82 Å². The third-order valence-corrected chi connectivity index (χ3v) is 3.33. The summed E-state index contributed by atoms with van der Waals surface area (Å²) in [5.41, 5.74) is 6.50. The van der Waals surface area contributed by atoms with Crippen LogP contribution in [0, 0.1) is 11.7 Å². The lowest BCUT2D eigenvalue weighted by Gasteiger charge is -2.30. The van der Waals surface area contributed by atoms with Gasteiger partial charge in [-0.05, 0) is 24.1 Å². The fourth-order valence-corrected chi connectivity index (χ4v) is 2.26. The van der Waals surface area contributed by atoms with Crippen LogP contribution in [0.3, 0.4) is 0 Å². The van der Waals surface area contributed by atoms with Gasteiger partial charge in [-0.2, -0.15) is 0 Å². The molecule has 1 heterocycles. The second-order valence-corrected chi connectivity index (χ2v) is 4.70. The number of hydrogen-bond acceptors (Lipinski definition) is 3. The van der Waals surface area contributed by atoms with E-state index < -0.39 is 0 Å². The quantitative estimate of drug-likeness (QED) is 0.877. The van der Waals surface area contributed by atoms with Crippen LogP contribution in [0.5, 0.6) is 0 Å². The fourth-order valence-electron chi connectivity index (χ4n) is 2.26. The van der Waals surface area contributed by atoms with Gasteiger partial charge in [-0.15, -0.1) is 0 Å². The third-order valence-electron chi connectivity index (χ3n) is 3.33. The molecule has 1 aliphatic heterocycles. The number of halogens is 1. The van der Waals surface area contributed by atoms with E-state index in [1.54, 1.807) is 11.0 Å². The van der Waals surface area contributed by atoms with E-state index in [9.17, 15) is 9.18 Å². The third kappa shape index (κ3) is 3.75. The van der Waals surface area contributed by atoms with Crippen LogP contribution >= 0.6 is 0 Å². The van der Waals surface area contributed by atoms with Crippen molar-refractivity contribution in [1.82, 2.24) is 4.90 Å².